The zero-order valence-electron chi connectivity index (χ0n) is 11.8. The highest BCUT2D eigenvalue weighted by Gasteiger charge is 2.21. The number of nitrogens with one attached hydrogen (secondary N) is 2. The maximum absolute atomic E-state index is 11.7. The van der Waals surface area contributed by atoms with Gasteiger partial charge in [0.15, 0.2) is 0 Å². The van der Waals surface area contributed by atoms with Gasteiger partial charge >= 0.3 is 5.97 Å². The minimum atomic E-state index is -1.13. The van der Waals surface area contributed by atoms with Crippen LogP contribution in [0.1, 0.15) is 39.5 Å². The van der Waals surface area contributed by atoms with Gasteiger partial charge < -0.3 is 15.7 Å². The lowest BCUT2D eigenvalue weighted by Gasteiger charge is -2.29. The molecule has 6 nitrogen and oxygen atoms in total. The molecule has 0 spiro atoms. The van der Waals surface area contributed by atoms with Crippen molar-refractivity contribution >= 4 is 11.9 Å². The van der Waals surface area contributed by atoms with Crippen LogP contribution < -0.4 is 10.6 Å². The fourth-order valence-electron chi connectivity index (χ4n) is 2.24. The monoisotopic (exact) mass is 279 g/mol. The van der Waals surface area contributed by atoms with Gasteiger partial charge in [-0.15, -0.1) is 0 Å². The molecule has 0 radical (unpaired) electrons. The maximum Gasteiger partial charge on any atom is 0.325 e. The first-order chi connectivity index (χ1) is 9.45. The molecule has 0 bridgehead atoms. The quantitative estimate of drug-likeness (QED) is 0.517. The number of hydrogen-bond donors (Lipinski definition) is 3. The molecule has 1 amide bonds. The van der Waals surface area contributed by atoms with E-state index in [1.54, 1.807) is 6.07 Å². The van der Waals surface area contributed by atoms with Gasteiger partial charge in [-0.2, -0.15) is 5.26 Å². The number of hydrogen-bond acceptors (Lipinski definition) is 4. The second-order valence-corrected chi connectivity index (χ2v) is 5.24. The van der Waals surface area contributed by atoms with E-state index in [9.17, 15) is 9.59 Å². The first-order valence-corrected chi connectivity index (χ1v) is 6.85. The zero-order chi connectivity index (χ0) is 15.1. The predicted octanol–water partition coefficient (Wildman–Crippen LogP) is 1.15. The standard InChI is InChI=1S/C14H21N3O3/c1-9-5-3-4-6-12(9)16-8-11(7-15)13(18)17-10(2)14(19)20/h8-10,12,16H,3-6H2,1-2H3,(H,17,18)(H,19,20)/b11-8-. The summed E-state index contributed by atoms with van der Waals surface area (Å²) in [4.78, 5) is 22.4. The van der Waals surface area contributed by atoms with Crippen molar-refractivity contribution in [1.29, 1.82) is 5.26 Å². The van der Waals surface area contributed by atoms with Crippen LogP contribution in [-0.4, -0.2) is 29.1 Å². The Hall–Kier alpha value is -2.03. The Morgan fingerprint density at radius 2 is 2.05 bits per heavy atom. The normalized spacial score (nSPS) is 24.4. The first kappa shape index (κ1) is 16.0. The first-order valence-electron chi connectivity index (χ1n) is 6.85. The molecule has 3 atom stereocenters. The van der Waals surface area contributed by atoms with E-state index >= 15 is 0 Å². The van der Waals surface area contributed by atoms with E-state index in [0.29, 0.717) is 5.92 Å². The molecule has 1 rings (SSSR count). The van der Waals surface area contributed by atoms with Crippen molar-refractivity contribution in [2.24, 2.45) is 5.92 Å². The van der Waals surface area contributed by atoms with E-state index in [1.165, 1.54) is 19.5 Å². The average Bonchev–Trinajstić information content (AvgIpc) is 2.41. The lowest BCUT2D eigenvalue weighted by atomic mass is 9.86. The van der Waals surface area contributed by atoms with Crippen molar-refractivity contribution in [3.8, 4) is 6.07 Å². The molecule has 3 N–H and O–H groups in total. The second-order valence-electron chi connectivity index (χ2n) is 5.24. The number of rotatable bonds is 5. The Bertz CT molecular complexity index is 439. The summed E-state index contributed by atoms with van der Waals surface area (Å²) >= 11 is 0. The summed E-state index contributed by atoms with van der Waals surface area (Å²) in [5.74, 6) is -1.30. The second kappa shape index (κ2) is 7.53. The molecule has 0 aromatic rings. The molecule has 0 aromatic heterocycles. The van der Waals surface area contributed by atoms with Crippen LogP contribution in [0, 0.1) is 17.2 Å². The summed E-state index contributed by atoms with van der Waals surface area (Å²) in [5, 5.41) is 23.1. The Morgan fingerprint density at radius 1 is 1.40 bits per heavy atom. The minimum absolute atomic E-state index is 0.101. The van der Waals surface area contributed by atoms with Gasteiger partial charge in [-0.1, -0.05) is 19.8 Å². The van der Waals surface area contributed by atoms with Crippen molar-refractivity contribution < 1.29 is 14.7 Å². The molecule has 3 unspecified atom stereocenters. The number of aliphatic carboxylic acids is 1. The van der Waals surface area contributed by atoms with Crippen molar-refractivity contribution in [3.63, 3.8) is 0 Å². The number of carboxylic acid groups (broad SMARTS) is 1. The van der Waals surface area contributed by atoms with Crippen molar-refractivity contribution in [3.05, 3.63) is 11.8 Å². The SMILES string of the molecule is CC(NC(=O)/C(C#N)=C\NC1CCCCC1C)C(=O)O. The number of amides is 1. The number of carbonyl (C=O) groups excluding carboxylic acids is 1. The van der Waals surface area contributed by atoms with Crippen molar-refractivity contribution in [2.45, 2.75) is 51.6 Å². The highest BCUT2D eigenvalue weighted by atomic mass is 16.4. The maximum atomic E-state index is 11.7. The average molecular weight is 279 g/mol. The summed E-state index contributed by atoms with van der Waals surface area (Å²) in [5.41, 5.74) is -0.101. The summed E-state index contributed by atoms with van der Waals surface area (Å²) in [7, 11) is 0. The third-order valence-electron chi connectivity index (χ3n) is 3.64. The number of carboxylic acids is 1. The highest BCUT2D eigenvalue weighted by molar-refractivity contribution is 5.99. The largest absolute Gasteiger partial charge is 0.480 e. The summed E-state index contributed by atoms with van der Waals surface area (Å²) in [6, 6.07) is 1.03. The van der Waals surface area contributed by atoms with Crippen LogP contribution in [0.15, 0.2) is 11.8 Å². The van der Waals surface area contributed by atoms with Gasteiger partial charge in [-0.3, -0.25) is 9.59 Å². The molecule has 0 heterocycles. The van der Waals surface area contributed by atoms with E-state index in [2.05, 4.69) is 17.6 Å². The van der Waals surface area contributed by atoms with Gasteiger partial charge in [-0.05, 0) is 25.7 Å². The van der Waals surface area contributed by atoms with Gasteiger partial charge in [0.2, 0.25) is 0 Å². The van der Waals surface area contributed by atoms with Gasteiger partial charge in [-0.25, -0.2) is 0 Å². The smallest absolute Gasteiger partial charge is 0.325 e. The van der Waals surface area contributed by atoms with Crippen LogP contribution in [0.3, 0.4) is 0 Å². The topological polar surface area (TPSA) is 102 Å². The third-order valence-corrected chi connectivity index (χ3v) is 3.64. The van der Waals surface area contributed by atoms with Crippen molar-refractivity contribution in [1.82, 2.24) is 10.6 Å². The molecule has 1 aliphatic rings. The van der Waals surface area contributed by atoms with Crippen LogP contribution >= 0.6 is 0 Å². The van der Waals surface area contributed by atoms with E-state index in [0.717, 1.165) is 19.3 Å². The molecular formula is C14H21N3O3. The molecule has 6 heteroatoms. The molecule has 1 aliphatic carbocycles. The van der Waals surface area contributed by atoms with Crippen LogP contribution in [-0.2, 0) is 9.59 Å². The van der Waals surface area contributed by atoms with E-state index in [-0.39, 0.29) is 11.6 Å². The predicted molar refractivity (Wildman–Crippen MR) is 73.5 cm³/mol. The van der Waals surface area contributed by atoms with Crippen LogP contribution in [0.2, 0.25) is 0 Å². The van der Waals surface area contributed by atoms with Gasteiger partial charge in [0.05, 0.1) is 0 Å². The lowest BCUT2D eigenvalue weighted by molar-refractivity contribution is -0.140. The molecule has 1 fully saturated rings. The van der Waals surface area contributed by atoms with E-state index in [1.807, 2.05) is 0 Å². The Kier molecular flexibility index (Phi) is 6.04. The minimum Gasteiger partial charge on any atom is -0.480 e. The summed E-state index contributed by atoms with van der Waals surface area (Å²) < 4.78 is 0. The van der Waals surface area contributed by atoms with Crippen LogP contribution in [0.5, 0.6) is 0 Å². The number of carbonyl (C=O) groups is 2. The van der Waals surface area contributed by atoms with E-state index in [4.69, 9.17) is 10.4 Å². The molecular weight excluding hydrogens is 258 g/mol. The third kappa shape index (κ3) is 4.57. The lowest BCUT2D eigenvalue weighted by Crippen LogP contribution is -2.40. The molecule has 0 aromatic carbocycles. The molecule has 0 saturated heterocycles. The highest BCUT2D eigenvalue weighted by Crippen LogP contribution is 2.23. The molecule has 1 saturated carbocycles. The molecule has 0 aliphatic heterocycles. The van der Waals surface area contributed by atoms with E-state index < -0.39 is 17.9 Å². The van der Waals surface area contributed by atoms with Crippen LogP contribution in [0.25, 0.3) is 0 Å². The molecule has 110 valence electrons. The fraction of sp³-hybridized carbons (Fsp3) is 0.643. The summed E-state index contributed by atoms with van der Waals surface area (Å²) in [6.45, 7) is 3.50. The van der Waals surface area contributed by atoms with Gasteiger partial charge in [0, 0.05) is 12.2 Å². The van der Waals surface area contributed by atoms with Crippen LogP contribution in [0.4, 0.5) is 0 Å². The Labute approximate surface area is 118 Å². The van der Waals surface area contributed by atoms with Gasteiger partial charge in [0.1, 0.15) is 17.7 Å². The Morgan fingerprint density at radius 3 is 2.60 bits per heavy atom. The zero-order valence-corrected chi connectivity index (χ0v) is 11.8. The van der Waals surface area contributed by atoms with Crippen molar-refractivity contribution in [2.75, 3.05) is 0 Å². The van der Waals surface area contributed by atoms with Gasteiger partial charge in [0.25, 0.3) is 5.91 Å². The Balaban J connectivity index is 2.60. The summed E-state index contributed by atoms with van der Waals surface area (Å²) in [6.07, 6.45) is 5.90. The molecule has 20 heavy (non-hydrogen) atoms. The fourth-order valence-corrected chi connectivity index (χ4v) is 2.24. The number of nitriles is 1. The number of nitrogens with zero attached hydrogens (tertiary/aromatic N) is 1.